The van der Waals surface area contributed by atoms with E-state index in [0.29, 0.717) is 30.3 Å². The summed E-state index contributed by atoms with van der Waals surface area (Å²) in [6, 6.07) is 5.48. The summed E-state index contributed by atoms with van der Waals surface area (Å²) in [5, 5.41) is 3.35. The molecular formula is C16H22ClNO3S. The highest BCUT2D eigenvalue weighted by atomic mass is 35.5. The fourth-order valence-electron chi connectivity index (χ4n) is 2.27. The predicted molar refractivity (Wildman–Crippen MR) is 90.0 cm³/mol. The molecule has 122 valence electrons. The normalized spacial score (nSPS) is 17.6. The summed E-state index contributed by atoms with van der Waals surface area (Å²) in [7, 11) is 0. The minimum Gasteiger partial charge on any atom is -0.379 e. The van der Waals surface area contributed by atoms with E-state index in [1.807, 2.05) is 18.4 Å². The summed E-state index contributed by atoms with van der Waals surface area (Å²) < 4.78 is 11.0. The third-order valence-corrected chi connectivity index (χ3v) is 4.55. The van der Waals surface area contributed by atoms with Crippen molar-refractivity contribution in [3.8, 4) is 0 Å². The fraction of sp³-hybridized carbons (Fsp3) is 0.562. The number of amides is 1. The van der Waals surface area contributed by atoms with Crippen LogP contribution in [0.25, 0.3) is 0 Å². The molecular weight excluding hydrogens is 322 g/mol. The molecule has 0 saturated carbocycles. The Labute approximate surface area is 140 Å². The zero-order valence-corrected chi connectivity index (χ0v) is 14.3. The van der Waals surface area contributed by atoms with E-state index in [-0.39, 0.29) is 12.0 Å². The van der Waals surface area contributed by atoms with Crippen LogP contribution in [0.4, 0.5) is 0 Å². The largest absolute Gasteiger partial charge is 0.379 e. The van der Waals surface area contributed by atoms with E-state index in [1.54, 1.807) is 17.8 Å². The van der Waals surface area contributed by atoms with E-state index < -0.39 is 0 Å². The quantitative estimate of drug-likeness (QED) is 0.580. The second-order valence-electron chi connectivity index (χ2n) is 5.17. The number of ether oxygens (including phenoxy) is 2. The first-order valence-corrected chi connectivity index (χ1v) is 9.12. The van der Waals surface area contributed by atoms with Crippen molar-refractivity contribution in [3.05, 3.63) is 28.8 Å². The number of hydrogen-bond donors (Lipinski definition) is 1. The van der Waals surface area contributed by atoms with Crippen molar-refractivity contribution < 1.29 is 14.3 Å². The molecule has 0 spiro atoms. The van der Waals surface area contributed by atoms with Gasteiger partial charge < -0.3 is 14.8 Å². The number of thioether (sulfide) groups is 1. The molecule has 1 aromatic rings. The van der Waals surface area contributed by atoms with Gasteiger partial charge in [0, 0.05) is 24.7 Å². The van der Waals surface area contributed by atoms with Gasteiger partial charge in [0.2, 0.25) is 0 Å². The van der Waals surface area contributed by atoms with E-state index in [0.717, 1.165) is 30.8 Å². The summed E-state index contributed by atoms with van der Waals surface area (Å²) in [6.45, 7) is 2.69. The van der Waals surface area contributed by atoms with Crippen LogP contribution in [0.2, 0.25) is 5.02 Å². The highest BCUT2D eigenvalue weighted by Gasteiger charge is 2.15. The first-order valence-electron chi connectivity index (χ1n) is 7.52. The number of rotatable bonds is 8. The van der Waals surface area contributed by atoms with Gasteiger partial charge in [-0.05, 0) is 43.7 Å². The minimum atomic E-state index is -0.139. The van der Waals surface area contributed by atoms with Gasteiger partial charge in [-0.1, -0.05) is 11.6 Å². The third kappa shape index (κ3) is 5.47. The number of benzene rings is 1. The molecule has 6 heteroatoms. The Balaban J connectivity index is 1.65. The molecule has 0 aromatic heterocycles. The zero-order chi connectivity index (χ0) is 15.8. The van der Waals surface area contributed by atoms with Crippen LogP contribution in [-0.4, -0.2) is 44.6 Å². The van der Waals surface area contributed by atoms with E-state index in [9.17, 15) is 4.79 Å². The zero-order valence-electron chi connectivity index (χ0n) is 12.8. The van der Waals surface area contributed by atoms with E-state index in [2.05, 4.69) is 5.32 Å². The average molecular weight is 344 g/mol. The third-order valence-electron chi connectivity index (χ3n) is 3.50. The maximum absolute atomic E-state index is 12.1. The van der Waals surface area contributed by atoms with Crippen LogP contribution in [0.3, 0.4) is 0 Å². The molecule has 1 aliphatic rings. The van der Waals surface area contributed by atoms with E-state index >= 15 is 0 Å². The number of hydrogen-bond acceptors (Lipinski definition) is 4. The first-order chi connectivity index (χ1) is 10.7. The maximum Gasteiger partial charge on any atom is 0.252 e. The maximum atomic E-state index is 12.1. The molecule has 1 amide bonds. The van der Waals surface area contributed by atoms with Crippen LogP contribution >= 0.6 is 23.4 Å². The highest BCUT2D eigenvalue weighted by molar-refractivity contribution is 7.98. The van der Waals surface area contributed by atoms with Gasteiger partial charge in [-0.2, -0.15) is 0 Å². The van der Waals surface area contributed by atoms with E-state index in [4.69, 9.17) is 21.1 Å². The summed E-state index contributed by atoms with van der Waals surface area (Å²) in [5.41, 5.74) is 0.522. The lowest BCUT2D eigenvalue weighted by Gasteiger charge is -2.11. The van der Waals surface area contributed by atoms with Gasteiger partial charge in [-0.25, -0.2) is 0 Å². The smallest absolute Gasteiger partial charge is 0.252 e. The second kappa shape index (κ2) is 9.40. The van der Waals surface area contributed by atoms with Crippen LogP contribution in [0, 0.1) is 0 Å². The standard InChI is InChI=1S/C16H22ClNO3S/c1-22-13-5-6-15(17)14(10-13)16(19)18-7-3-8-20-11-12-4-2-9-21-12/h5-6,10,12H,2-4,7-9,11H2,1H3,(H,18,19). The number of halogens is 1. The molecule has 1 N–H and O–H groups in total. The van der Waals surface area contributed by atoms with Crippen molar-refractivity contribution in [3.63, 3.8) is 0 Å². The van der Waals surface area contributed by atoms with Gasteiger partial charge in [0.1, 0.15) is 0 Å². The molecule has 1 unspecified atom stereocenters. The molecule has 4 nitrogen and oxygen atoms in total. The fourth-order valence-corrected chi connectivity index (χ4v) is 2.91. The Morgan fingerprint density at radius 1 is 1.55 bits per heavy atom. The lowest BCUT2D eigenvalue weighted by molar-refractivity contribution is 0.0166. The van der Waals surface area contributed by atoms with Crippen molar-refractivity contribution >= 4 is 29.3 Å². The second-order valence-corrected chi connectivity index (χ2v) is 6.45. The van der Waals surface area contributed by atoms with E-state index in [1.165, 1.54) is 0 Å². The topological polar surface area (TPSA) is 47.6 Å². The number of carbonyl (C=O) groups excluding carboxylic acids is 1. The summed E-state index contributed by atoms with van der Waals surface area (Å²) in [4.78, 5) is 13.1. The lowest BCUT2D eigenvalue weighted by atomic mass is 10.2. The van der Waals surface area contributed by atoms with Gasteiger partial charge in [0.25, 0.3) is 5.91 Å². The van der Waals surface area contributed by atoms with Crippen molar-refractivity contribution in [1.29, 1.82) is 0 Å². The van der Waals surface area contributed by atoms with Gasteiger partial charge in [-0.15, -0.1) is 11.8 Å². The predicted octanol–water partition coefficient (Wildman–Crippen LogP) is 3.38. The van der Waals surface area contributed by atoms with Crippen molar-refractivity contribution in [1.82, 2.24) is 5.32 Å². The molecule has 1 saturated heterocycles. The SMILES string of the molecule is CSc1ccc(Cl)c(C(=O)NCCCOCC2CCCO2)c1. The van der Waals surface area contributed by atoms with Crippen LogP contribution < -0.4 is 5.32 Å². The summed E-state index contributed by atoms with van der Waals surface area (Å²) in [5.74, 6) is -0.139. The molecule has 0 bridgehead atoms. The molecule has 1 aliphatic heterocycles. The first kappa shape index (κ1) is 17.6. The molecule has 0 radical (unpaired) electrons. The Kier molecular flexibility index (Phi) is 7.52. The molecule has 1 fully saturated rings. The number of carbonyl (C=O) groups is 1. The Morgan fingerprint density at radius 3 is 3.14 bits per heavy atom. The molecule has 1 aromatic carbocycles. The average Bonchev–Trinajstić information content (AvgIpc) is 3.04. The molecule has 2 rings (SSSR count). The Morgan fingerprint density at radius 2 is 2.41 bits per heavy atom. The Hall–Kier alpha value is -0.750. The van der Waals surface area contributed by atoms with Gasteiger partial charge in [-0.3, -0.25) is 4.79 Å². The molecule has 22 heavy (non-hydrogen) atoms. The van der Waals surface area contributed by atoms with Crippen molar-refractivity contribution in [2.75, 3.05) is 32.6 Å². The van der Waals surface area contributed by atoms with Gasteiger partial charge in [0.05, 0.1) is 23.3 Å². The van der Waals surface area contributed by atoms with Crippen molar-refractivity contribution in [2.45, 2.75) is 30.3 Å². The Bertz CT molecular complexity index is 492. The van der Waals surface area contributed by atoms with Crippen LogP contribution in [-0.2, 0) is 9.47 Å². The lowest BCUT2D eigenvalue weighted by Crippen LogP contribution is -2.26. The monoisotopic (exact) mass is 343 g/mol. The highest BCUT2D eigenvalue weighted by Crippen LogP contribution is 2.22. The number of nitrogens with one attached hydrogen (secondary N) is 1. The van der Waals surface area contributed by atoms with Crippen LogP contribution in [0.1, 0.15) is 29.6 Å². The molecule has 1 heterocycles. The molecule has 1 atom stereocenters. The van der Waals surface area contributed by atoms with Crippen molar-refractivity contribution in [2.24, 2.45) is 0 Å². The van der Waals surface area contributed by atoms with Gasteiger partial charge in [0.15, 0.2) is 0 Å². The molecule has 0 aliphatic carbocycles. The summed E-state index contributed by atoms with van der Waals surface area (Å²) >= 11 is 7.66. The minimum absolute atomic E-state index is 0.139. The van der Waals surface area contributed by atoms with Crippen LogP contribution in [0.5, 0.6) is 0 Å². The van der Waals surface area contributed by atoms with Gasteiger partial charge >= 0.3 is 0 Å². The van der Waals surface area contributed by atoms with Crippen LogP contribution in [0.15, 0.2) is 23.1 Å². The summed E-state index contributed by atoms with van der Waals surface area (Å²) in [6.07, 6.45) is 5.21.